The number of para-hydroxylation sites is 2. The van der Waals surface area contributed by atoms with Crippen molar-refractivity contribution < 1.29 is 57.2 Å². The molecule has 2 atom stereocenters. The number of methoxy groups -OCH3 is 2. The van der Waals surface area contributed by atoms with E-state index in [-0.39, 0.29) is 61.1 Å². The number of carbonyl (C=O) groups excluding carboxylic acids is 5. The van der Waals surface area contributed by atoms with Gasteiger partial charge in [0.2, 0.25) is 0 Å². The fourth-order valence-corrected chi connectivity index (χ4v) is 14.1. The molecule has 5 aliphatic heterocycles. The molecule has 18 heteroatoms. The summed E-state index contributed by atoms with van der Waals surface area (Å²) in [5.41, 5.74) is 11.3. The molecular formula is C63H72N4O12S2. The minimum Gasteiger partial charge on any atom is -0.493 e. The van der Waals surface area contributed by atoms with Crippen LogP contribution in [0.25, 0.3) is 0 Å². The zero-order valence-corrected chi connectivity index (χ0v) is 48.6. The fraction of sp³-hybridized carbons (Fsp3) is 0.444. The van der Waals surface area contributed by atoms with Gasteiger partial charge in [0.25, 0.3) is 23.6 Å². The van der Waals surface area contributed by atoms with Gasteiger partial charge < -0.3 is 48.0 Å². The number of ether oxygens (including phenoxy) is 6. The van der Waals surface area contributed by atoms with Crippen molar-refractivity contribution in [3.8, 4) is 17.2 Å². The fourth-order valence-electron chi connectivity index (χ4n) is 11.5. The molecule has 5 aromatic rings. The molecule has 0 aromatic heterocycles. The van der Waals surface area contributed by atoms with E-state index in [9.17, 15) is 24.0 Å². The zero-order chi connectivity index (χ0) is 56.6. The van der Waals surface area contributed by atoms with Crippen LogP contribution in [0.1, 0.15) is 112 Å². The van der Waals surface area contributed by atoms with Crippen molar-refractivity contribution in [3.63, 3.8) is 0 Å². The van der Waals surface area contributed by atoms with E-state index < -0.39 is 17.8 Å². The number of fused-ring (bicyclic) bond motifs is 8. The van der Waals surface area contributed by atoms with Crippen LogP contribution in [0.5, 0.6) is 17.2 Å². The normalized spacial score (nSPS) is 17.2. The number of rotatable bonds is 26. The predicted octanol–water partition coefficient (Wildman–Crippen LogP) is 10.2. The van der Waals surface area contributed by atoms with E-state index in [4.69, 9.17) is 33.3 Å². The standard InChI is InChI=1S/C63H72N4O12S2/c1-41-29-51-44(16-18-48-33-46-11-6-8-13-53(46)65(48)61(51)71)35-55(41)77-38-42-30-43(39-78-57-36-45-17-19-49-34-47-12-7-9-14-54(47)66(49)62(72)52(45)37-56(57)74-5)32-50(31-42)64(22-23-75-26-27-76-25-24-73-4)40-63(2,3)81-80-28-10-15-60(70)79-67-58(68)20-21-59(67)69/h6-9,11-14,29-32,35-37,48-49H,10,15-28,33-34,38-40H2,1-5H3/t48-,49-/m1/s1. The van der Waals surface area contributed by atoms with E-state index in [2.05, 4.69) is 61.2 Å². The van der Waals surface area contributed by atoms with Gasteiger partial charge in [-0.1, -0.05) is 58.0 Å². The topological polar surface area (TPSA) is 163 Å². The Bertz CT molecular complexity index is 3140. The van der Waals surface area contributed by atoms with Gasteiger partial charge in [0.15, 0.2) is 11.5 Å². The lowest BCUT2D eigenvalue weighted by Gasteiger charge is -2.34. The summed E-state index contributed by atoms with van der Waals surface area (Å²) in [5.74, 6) is 0.794. The summed E-state index contributed by atoms with van der Waals surface area (Å²) >= 11 is 0. The smallest absolute Gasteiger partial charge is 0.333 e. The largest absolute Gasteiger partial charge is 0.493 e. The van der Waals surface area contributed by atoms with E-state index in [1.54, 1.807) is 35.8 Å². The third-order valence-electron chi connectivity index (χ3n) is 15.5. The molecule has 1 saturated heterocycles. The summed E-state index contributed by atoms with van der Waals surface area (Å²) in [6.07, 6.45) is 5.51. The third-order valence-corrected chi connectivity index (χ3v) is 18.9. The van der Waals surface area contributed by atoms with Crippen molar-refractivity contribution >= 4 is 68.2 Å². The second kappa shape index (κ2) is 26.1. The van der Waals surface area contributed by atoms with Crippen LogP contribution in [0.15, 0.2) is 91.0 Å². The molecule has 5 aromatic carbocycles. The molecule has 0 spiro atoms. The molecule has 0 saturated carbocycles. The molecule has 10 rings (SSSR count). The minimum absolute atomic E-state index is 0.0284. The molecule has 1 fully saturated rings. The Morgan fingerprint density at radius 3 is 1.84 bits per heavy atom. The van der Waals surface area contributed by atoms with Gasteiger partial charge in [0, 0.05) is 90.2 Å². The lowest BCUT2D eigenvalue weighted by molar-refractivity contribution is -0.197. The molecule has 0 N–H and O–H groups in total. The van der Waals surface area contributed by atoms with E-state index >= 15 is 0 Å². The number of benzene rings is 5. The molecule has 16 nitrogen and oxygen atoms in total. The Kier molecular flexibility index (Phi) is 18.6. The summed E-state index contributed by atoms with van der Waals surface area (Å²) in [7, 11) is 6.61. The number of anilines is 3. The summed E-state index contributed by atoms with van der Waals surface area (Å²) in [5, 5.41) is 0.593. The monoisotopic (exact) mass is 1140 g/mol. The number of hydroxylamine groups is 2. The number of carbonyl (C=O) groups is 5. The van der Waals surface area contributed by atoms with Crippen molar-refractivity contribution in [1.29, 1.82) is 0 Å². The Morgan fingerprint density at radius 1 is 0.654 bits per heavy atom. The van der Waals surface area contributed by atoms with Gasteiger partial charge in [-0.2, -0.15) is 0 Å². The second-order valence-electron chi connectivity index (χ2n) is 21.9. The summed E-state index contributed by atoms with van der Waals surface area (Å²) in [6, 6.07) is 30.8. The van der Waals surface area contributed by atoms with E-state index in [1.807, 2.05) is 65.3 Å². The van der Waals surface area contributed by atoms with Crippen LogP contribution in [0.4, 0.5) is 17.1 Å². The van der Waals surface area contributed by atoms with Gasteiger partial charge in [-0.25, -0.2) is 4.79 Å². The zero-order valence-electron chi connectivity index (χ0n) is 47.0. The van der Waals surface area contributed by atoms with Gasteiger partial charge in [-0.15, -0.1) is 5.06 Å². The highest BCUT2D eigenvalue weighted by atomic mass is 33.1. The van der Waals surface area contributed by atoms with E-state index in [0.717, 1.165) is 88.3 Å². The van der Waals surface area contributed by atoms with Gasteiger partial charge in [0.1, 0.15) is 19.0 Å². The van der Waals surface area contributed by atoms with Gasteiger partial charge >= 0.3 is 5.97 Å². The maximum atomic E-state index is 14.3. The molecule has 0 radical (unpaired) electrons. The quantitative estimate of drug-likeness (QED) is 0.0292. The SMILES string of the molecule is COCCOCCOCCN(CC(C)(C)SSCCCC(=O)ON1C(=O)CCC1=O)c1cc(COc2cc3c(cc2C)C(=O)N2c4ccccc4C[C@H]2CC3)cc(COc2cc3c(cc2OC)C(=O)N2c4ccccc4C[C@H]2CC3)c1. The second-order valence-corrected chi connectivity index (χ2v) is 25.0. The van der Waals surface area contributed by atoms with Crippen LogP contribution >= 0.6 is 21.6 Å². The lowest BCUT2D eigenvalue weighted by Crippen LogP contribution is -2.38. The van der Waals surface area contributed by atoms with Crippen molar-refractivity contribution in [2.24, 2.45) is 0 Å². The van der Waals surface area contributed by atoms with E-state index in [0.29, 0.717) is 86.8 Å². The number of amides is 4. The molecule has 0 bridgehead atoms. The molecule has 4 amide bonds. The number of hydrogen-bond donors (Lipinski definition) is 0. The summed E-state index contributed by atoms with van der Waals surface area (Å²) in [6.45, 7) is 10.2. The molecule has 428 valence electrons. The van der Waals surface area contributed by atoms with Crippen molar-refractivity contribution in [2.75, 3.05) is 80.8 Å². The first-order chi connectivity index (χ1) is 39.3. The first kappa shape index (κ1) is 57.7. The molecular weight excluding hydrogens is 1070 g/mol. The lowest BCUT2D eigenvalue weighted by atomic mass is 9.98. The average molecular weight is 1140 g/mol. The van der Waals surface area contributed by atoms with Crippen LogP contribution in [-0.4, -0.2) is 118 Å². The Hall–Kier alpha value is -6.57. The maximum Gasteiger partial charge on any atom is 0.333 e. The number of aryl methyl sites for hydroxylation is 3. The molecule has 0 aliphatic carbocycles. The van der Waals surface area contributed by atoms with Crippen LogP contribution in [-0.2, 0) is 72.3 Å². The third kappa shape index (κ3) is 13.5. The highest BCUT2D eigenvalue weighted by Crippen LogP contribution is 2.43. The van der Waals surface area contributed by atoms with Crippen LogP contribution in [0.3, 0.4) is 0 Å². The number of nitrogens with zero attached hydrogens (tertiary/aromatic N) is 4. The predicted molar refractivity (Wildman–Crippen MR) is 314 cm³/mol. The van der Waals surface area contributed by atoms with Gasteiger partial charge in [0.05, 0.1) is 40.1 Å². The van der Waals surface area contributed by atoms with Crippen molar-refractivity contribution in [3.05, 3.63) is 141 Å². The summed E-state index contributed by atoms with van der Waals surface area (Å²) in [4.78, 5) is 76.5. The molecule has 0 unspecified atom stereocenters. The van der Waals surface area contributed by atoms with Crippen molar-refractivity contribution in [1.82, 2.24) is 5.06 Å². The Morgan fingerprint density at radius 2 is 1.22 bits per heavy atom. The minimum atomic E-state index is -0.608. The maximum absolute atomic E-state index is 14.3. The number of imide groups is 1. The van der Waals surface area contributed by atoms with E-state index in [1.165, 1.54) is 11.1 Å². The summed E-state index contributed by atoms with van der Waals surface area (Å²) < 4.78 is 36.1. The first-order valence-corrected chi connectivity index (χ1v) is 30.4. The van der Waals surface area contributed by atoms with Crippen LogP contribution in [0.2, 0.25) is 0 Å². The highest BCUT2D eigenvalue weighted by molar-refractivity contribution is 8.77. The average Bonchev–Trinajstić information content (AvgIpc) is 4.10. The van der Waals surface area contributed by atoms with Gasteiger partial charge in [-0.3, -0.25) is 19.2 Å². The van der Waals surface area contributed by atoms with Crippen LogP contribution < -0.4 is 28.9 Å². The van der Waals surface area contributed by atoms with Gasteiger partial charge in [-0.05, 0) is 159 Å². The highest BCUT2D eigenvalue weighted by Gasteiger charge is 2.39. The Labute approximate surface area is 482 Å². The molecule has 5 aliphatic rings. The Balaban J connectivity index is 0.896. The van der Waals surface area contributed by atoms with Crippen molar-refractivity contribution in [2.45, 2.75) is 115 Å². The molecule has 81 heavy (non-hydrogen) atoms. The molecule has 5 heterocycles. The van der Waals surface area contributed by atoms with Crippen LogP contribution in [0, 0.1) is 6.92 Å². The number of hydrogen-bond acceptors (Lipinski definition) is 15. The first-order valence-electron chi connectivity index (χ1n) is 28.1.